The monoisotopic (exact) mass is 642 g/mol. The molecule has 0 fully saturated rings. The van der Waals surface area contributed by atoms with Crippen LogP contribution >= 0.6 is 11.3 Å². The Kier molecular flexibility index (Phi) is 6.39. The van der Waals surface area contributed by atoms with E-state index in [0.29, 0.717) is 0 Å². The lowest BCUT2D eigenvalue weighted by atomic mass is 10.0. The van der Waals surface area contributed by atoms with Gasteiger partial charge in [-0.15, -0.1) is 11.3 Å². The molecule has 49 heavy (non-hydrogen) atoms. The summed E-state index contributed by atoms with van der Waals surface area (Å²) in [6.45, 7) is 0. The van der Waals surface area contributed by atoms with Crippen LogP contribution in [-0.2, 0) is 0 Å². The Hall–Kier alpha value is -6.16. The summed E-state index contributed by atoms with van der Waals surface area (Å²) in [5.41, 5.74) is 9.34. The maximum atomic E-state index is 2.39. The van der Waals surface area contributed by atoms with E-state index in [0.717, 1.165) is 22.7 Å². The number of benzene rings is 8. The molecule has 3 heteroatoms. The lowest BCUT2D eigenvalue weighted by Gasteiger charge is -2.26. The third-order valence-electron chi connectivity index (χ3n) is 9.76. The van der Waals surface area contributed by atoms with E-state index >= 15 is 0 Å². The largest absolute Gasteiger partial charge is 0.310 e. The molecule has 0 atom stereocenters. The van der Waals surface area contributed by atoms with Crippen LogP contribution in [0, 0.1) is 0 Å². The van der Waals surface area contributed by atoms with E-state index in [9.17, 15) is 0 Å². The molecule has 0 saturated heterocycles. The second-order valence-corrected chi connectivity index (χ2v) is 13.7. The Bertz CT molecular complexity index is 2830. The first-order chi connectivity index (χ1) is 24.3. The van der Waals surface area contributed by atoms with Gasteiger partial charge in [-0.1, -0.05) is 115 Å². The molecule has 0 saturated carbocycles. The Labute approximate surface area is 288 Å². The van der Waals surface area contributed by atoms with Crippen LogP contribution < -0.4 is 4.90 Å². The zero-order valence-corrected chi connectivity index (χ0v) is 27.4. The fourth-order valence-corrected chi connectivity index (χ4v) is 8.57. The number of rotatable bonds is 5. The summed E-state index contributed by atoms with van der Waals surface area (Å²) >= 11 is 1.87. The number of hydrogen-bond acceptors (Lipinski definition) is 2. The summed E-state index contributed by atoms with van der Waals surface area (Å²) in [5, 5.41) is 7.61. The normalized spacial score (nSPS) is 11.7. The molecule has 8 aromatic carbocycles. The molecule has 2 nitrogen and oxygen atoms in total. The number of aromatic nitrogens is 1. The minimum absolute atomic E-state index is 1.11. The summed E-state index contributed by atoms with van der Waals surface area (Å²) < 4.78 is 5.04. The van der Waals surface area contributed by atoms with Crippen LogP contribution in [0.1, 0.15) is 0 Å². The summed E-state index contributed by atoms with van der Waals surface area (Å²) in [4.78, 5) is 2.39. The predicted octanol–water partition coefficient (Wildman–Crippen LogP) is 13.4. The highest BCUT2D eigenvalue weighted by molar-refractivity contribution is 7.25. The number of fused-ring (bicyclic) bond motifs is 7. The van der Waals surface area contributed by atoms with Gasteiger partial charge in [-0.25, -0.2) is 0 Å². The molecule has 0 aliphatic rings. The van der Waals surface area contributed by atoms with Gasteiger partial charge in [0, 0.05) is 53.7 Å². The van der Waals surface area contributed by atoms with Crippen LogP contribution in [0.2, 0.25) is 0 Å². The van der Waals surface area contributed by atoms with Crippen molar-refractivity contribution >= 4 is 81.1 Å². The van der Waals surface area contributed by atoms with Crippen molar-refractivity contribution in [3.63, 3.8) is 0 Å². The van der Waals surface area contributed by atoms with Crippen LogP contribution in [0.5, 0.6) is 0 Å². The zero-order chi connectivity index (χ0) is 32.3. The highest BCUT2D eigenvalue weighted by Crippen LogP contribution is 2.41. The van der Waals surface area contributed by atoms with E-state index in [1.54, 1.807) is 0 Å². The number of thiophene rings is 1. The molecule has 0 amide bonds. The average Bonchev–Trinajstić information content (AvgIpc) is 3.70. The highest BCUT2D eigenvalue weighted by Gasteiger charge is 2.18. The fraction of sp³-hybridized carbons (Fsp3) is 0. The molecule has 2 aromatic heterocycles. The predicted molar refractivity (Wildman–Crippen MR) is 211 cm³/mol. The highest BCUT2D eigenvalue weighted by atomic mass is 32.1. The molecule has 0 spiro atoms. The van der Waals surface area contributed by atoms with E-state index in [1.807, 2.05) is 11.3 Å². The Balaban J connectivity index is 1.14. The Morgan fingerprint density at radius 1 is 0.367 bits per heavy atom. The molecular weight excluding hydrogens is 613 g/mol. The fourth-order valence-electron chi connectivity index (χ4n) is 7.42. The van der Waals surface area contributed by atoms with E-state index < -0.39 is 0 Å². The average molecular weight is 643 g/mol. The van der Waals surface area contributed by atoms with E-state index in [2.05, 4.69) is 191 Å². The lowest BCUT2D eigenvalue weighted by molar-refractivity contribution is 1.18. The number of anilines is 3. The van der Waals surface area contributed by atoms with Gasteiger partial charge in [-0.3, -0.25) is 0 Å². The molecule has 230 valence electrons. The summed E-state index contributed by atoms with van der Waals surface area (Å²) in [6.07, 6.45) is 0. The van der Waals surface area contributed by atoms with Crippen molar-refractivity contribution in [3.8, 4) is 16.8 Å². The molecular formula is C46H30N2S. The third-order valence-corrected chi connectivity index (χ3v) is 10.9. The lowest BCUT2D eigenvalue weighted by Crippen LogP contribution is -2.10. The van der Waals surface area contributed by atoms with Crippen molar-refractivity contribution in [2.75, 3.05) is 4.90 Å². The first kappa shape index (κ1) is 27.9. The van der Waals surface area contributed by atoms with Crippen LogP contribution in [-0.4, -0.2) is 4.57 Å². The molecule has 0 bridgehead atoms. The summed E-state index contributed by atoms with van der Waals surface area (Å²) in [7, 11) is 0. The van der Waals surface area contributed by atoms with Crippen molar-refractivity contribution < 1.29 is 0 Å². The Morgan fingerprint density at radius 2 is 0.980 bits per heavy atom. The van der Waals surface area contributed by atoms with Gasteiger partial charge < -0.3 is 9.47 Å². The zero-order valence-electron chi connectivity index (χ0n) is 26.6. The first-order valence-electron chi connectivity index (χ1n) is 16.7. The standard InChI is InChI=1S/C46H30N2S/c1-2-12-35(13-3-1)48-43-16-8-6-14-39(43)40-27-25-38(30-44(40)48)47(37-24-20-31-10-4-5-11-33(31)28-37)36-22-18-32(19-23-36)34-21-26-42-41-15-7-9-17-45(41)49-46(42)29-34/h1-30H. The molecule has 0 radical (unpaired) electrons. The van der Waals surface area contributed by atoms with Gasteiger partial charge in [-0.05, 0) is 88.6 Å². The van der Waals surface area contributed by atoms with Crippen LogP contribution in [0.4, 0.5) is 17.1 Å². The minimum Gasteiger partial charge on any atom is -0.310 e. The van der Waals surface area contributed by atoms with Gasteiger partial charge in [0.05, 0.1) is 11.0 Å². The Morgan fingerprint density at radius 3 is 1.86 bits per heavy atom. The van der Waals surface area contributed by atoms with Crippen molar-refractivity contribution in [1.29, 1.82) is 0 Å². The number of para-hydroxylation sites is 2. The van der Waals surface area contributed by atoms with E-state index in [4.69, 9.17) is 0 Å². The van der Waals surface area contributed by atoms with Crippen molar-refractivity contribution in [2.45, 2.75) is 0 Å². The van der Waals surface area contributed by atoms with Gasteiger partial charge in [-0.2, -0.15) is 0 Å². The minimum atomic E-state index is 1.11. The van der Waals surface area contributed by atoms with Gasteiger partial charge in [0.1, 0.15) is 0 Å². The van der Waals surface area contributed by atoms with Gasteiger partial charge in [0.15, 0.2) is 0 Å². The summed E-state index contributed by atoms with van der Waals surface area (Å²) in [5.74, 6) is 0. The number of hydrogen-bond donors (Lipinski definition) is 0. The maximum absolute atomic E-state index is 2.39. The quantitative estimate of drug-likeness (QED) is 0.181. The van der Waals surface area contributed by atoms with Crippen molar-refractivity contribution in [3.05, 3.63) is 182 Å². The van der Waals surface area contributed by atoms with Crippen LogP contribution in [0.3, 0.4) is 0 Å². The van der Waals surface area contributed by atoms with Crippen molar-refractivity contribution in [1.82, 2.24) is 4.57 Å². The molecule has 0 unspecified atom stereocenters. The molecule has 0 aliphatic heterocycles. The molecule has 0 aliphatic carbocycles. The van der Waals surface area contributed by atoms with E-state index in [1.165, 1.54) is 63.9 Å². The van der Waals surface area contributed by atoms with Gasteiger partial charge in [0.2, 0.25) is 0 Å². The topological polar surface area (TPSA) is 8.17 Å². The third kappa shape index (κ3) is 4.62. The van der Waals surface area contributed by atoms with Crippen molar-refractivity contribution in [2.24, 2.45) is 0 Å². The molecule has 10 aromatic rings. The maximum Gasteiger partial charge on any atom is 0.0561 e. The SMILES string of the molecule is c1ccc(-n2c3ccccc3c3ccc(N(c4ccc(-c5ccc6c(c5)sc5ccccc56)cc4)c4ccc5ccccc5c4)cc32)cc1. The summed E-state index contributed by atoms with van der Waals surface area (Å²) in [6, 6.07) is 66.3. The van der Waals surface area contributed by atoms with E-state index in [-0.39, 0.29) is 0 Å². The smallest absolute Gasteiger partial charge is 0.0561 e. The molecule has 10 rings (SSSR count). The van der Waals surface area contributed by atoms with Crippen LogP contribution in [0.15, 0.2) is 182 Å². The molecule has 0 N–H and O–H groups in total. The van der Waals surface area contributed by atoms with Gasteiger partial charge in [0.25, 0.3) is 0 Å². The second kappa shape index (κ2) is 11.2. The van der Waals surface area contributed by atoms with Gasteiger partial charge >= 0.3 is 0 Å². The molecule has 2 heterocycles. The van der Waals surface area contributed by atoms with Crippen LogP contribution in [0.25, 0.3) is 69.6 Å². The second-order valence-electron chi connectivity index (χ2n) is 12.6. The first-order valence-corrected chi connectivity index (χ1v) is 17.5. The number of nitrogens with zero attached hydrogens (tertiary/aromatic N) is 2.